The number of aryl methyl sites for hydroxylation is 2. The lowest BCUT2D eigenvalue weighted by Crippen LogP contribution is -2.31. The smallest absolute Gasteiger partial charge is 0.329 e. The summed E-state index contributed by atoms with van der Waals surface area (Å²) in [7, 11) is 0. The van der Waals surface area contributed by atoms with E-state index in [1.165, 1.54) is 6.92 Å². The molecule has 0 spiro atoms. The summed E-state index contributed by atoms with van der Waals surface area (Å²) < 4.78 is 8.16. The molecule has 124 valence electrons. The van der Waals surface area contributed by atoms with Gasteiger partial charge in [-0.2, -0.15) is 0 Å². The van der Waals surface area contributed by atoms with Crippen molar-refractivity contribution in [2.24, 2.45) is 5.73 Å². The number of nitrogens with zero attached hydrogens (tertiary/aromatic N) is 2. The van der Waals surface area contributed by atoms with E-state index < -0.39 is 18.0 Å². The van der Waals surface area contributed by atoms with Crippen LogP contribution in [0.3, 0.4) is 0 Å². The van der Waals surface area contributed by atoms with Gasteiger partial charge in [0.05, 0.1) is 17.5 Å². The number of rotatable bonds is 7. The number of carbonyl (C=O) groups is 2. The quantitative estimate of drug-likeness (QED) is 0.771. The van der Waals surface area contributed by atoms with Gasteiger partial charge in [0.2, 0.25) is 0 Å². The number of aromatic nitrogens is 2. The van der Waals surface area contributed by atoms with Crippen molar-refractivity contribution in [2.45, 2.75) is 45.9 Å². The maximum atomic E-state index is 12.5. The van der Waals surface area contributed by atoms with Crippen molar-refractivity contribution in [1.82, 2.24) is 9.13 Å². The van der Waals surface area contributed by atoms with E-state index in [0.29, 0.717) is 6.54 Å². The molecule has 2 N–H and O–H groups in total. The van der Waals surface area contributed by atoms with Crippen LogP contribution in [0.4, 0.5) is 0 Å². The van der Waals surface area contributed by atoms with Crippen LogP contribution >= 0.6 is 0 Å². The number of carbonyl (C=O) groups excluding carboxylic acids is 2. The number of imidazole rings is 1. The van der Waals surface area contributed by atoms with Crippen LogP contribution in [-0.4, -0.2) is 27.1 Å². The van der Waals surface area contributed by atoms with Gasteiger partial charge in [-0.25, -0.2) is 4.79 Å². The maximum Gasteiger partial charge on any atom is 0.329 e. The van der Waals surface area contributed by atoms with Gasteiger partial charge in [0, 0.05) is 13.1 Å². The summed E-state index contributed by atoms with van der Waals surface area (Å²) in [5.74, 6) is -1.26. The molecular weight excluding hydrogens is 298 g/mol. The number of amides is 1. The number of fused-ring (bicyclic) bond motifs is 1. The summed E-state index contributed by atoms with van der Waals surface area (Å²) in [5.41, 5.74) is 6.53. The van der Waals surface area contributed by atoms with Gasteiger partial charge in [0.25, 0.3) is 5.91 Å². The van der Waals surface area contributed by atoms with Gasteiger partial charge in [-0.15, -0.1) is 0 Å². The number of hydrogen-bond donors (Lipinski definition) is 1. The maximum absolute atomic E-state index is 12.5. The fourth-order valence-electron chi connectivity index (χ4n) is 2.45. The minimum atomic E-state index is -0.972. The number of para-hydroxylation sites is 2. The number of nitrogens with two attached hydrogens (primary N) is 1. The van der Waals surface area contributed by atoms with Crippen LogP contribution in [0.2, 0.25) is 0 Å². The largest absolute Gasteiger partial charge is 0.453 e. The van der Waals surface area contributed by atoms with E-state index in [9.17, 15) is 14.4 Å². The molecule has 1 heterocycles. The van der Waals surface area contributed by atoms with Crippen LogP contribution in [0, 0.1) is 0 Å². The Morgan fingerprint density at radius 1 is 1.17 bits per heavy atom. The number of esters is 1. The number of ether oxygens (including phenoxy) is 1. The summed E-state index contributed by atoms with van der Waals surface area (Å²) in [6.45, 7) is 4.23. The molecule has 7 heteroatoms. The van der Waals surface area contributed by atoms with Gasteiger partial charge in [-0.1, -0.05) is 19.1 Å². The Kier molecular flexibility index (Phi) is 5.20. The molecule has 0 fully saturated rings. The minimum Gasteiger partial charge on any atom is -0.453 e. The van der Waals surface area contributed by atoms with Crippen molar-refractivity contribution in [2.75, 3.05) is 0 Å². The molecule has 0 aliphatic heterocycles. The molecule has 1 amide bonds. The highest BCUT2D eigenvalue weighted by atomic mass is 16.5. The van der Waals surface area contributed by atoms with Gasteiger partial charge in [0.1, 0.15) is 0 Å². The molecule has 1 aromatic carbocycles. The van der Waals surface area contributed by atoms with Crippen molar-refractivity contribution in [1.29, 1.82) is 0 Å². The lowest BCUT2D eigenvalue weighted by Gasteiger charge is -2.09. The van der Waals surface area contributed by atoms with Gasteiger partial charge in [0.15, 0.2) is 6.10 Å². The van der Waals surface area contributed by atoms with Gasteiger partial charge in [-0.05, 0) is 25.5 Å². The molecule has 0 radical (unpaired) electrons. The first-order valence-corrected chi connectivity index (χ1v) is 7.62. The van der Waals surface area contributed by atoms with Crippen molar-refractivity contribution >= 4 is 22.9 Å². The molecule has 0 saturated carbocycles. The lowest BCUT2D eigenvalue weighted by molar-refractivity contribution is -0.153. The zero-order valence-electron chi connectivity index (χ0n) is 13.3. The Bertz CT molecular complexity index is 775. The standard InChI is InChI=1S/C16H21N3O4/c1-3-9-18-12-6-4-5-7-13(12)19(16(18)22)10-8-14(20)23-11(2)15(17)21/h4-7,11H,3,8-10H2,1-2H3,(H2,17,21)/t11-/m0/s1. The molecule has 2 rings (SSSR count). The molecule has 1 atom stereocenters. The van der Waals surface area contributed by atoms with Gasteiger partial charge >= 0.3 is 11.7 Å². The number of primary amides is 1. The Labute approximate surface area is 133 Å². The van der Waals surface area contributed by atoms with Crippen LogP contribution in [0.25, 0.3) is 11.0 Å². The lowest BCUT2D eigenvalue weighted by atomic mass is 10.3. The Balaban J connectivity index is 2.20. The summed E-state index contributed by atoms with van der Waals surface area (Å²) in [4.78, 5) is 35.2. The van der Waals surface area contributed by atoms with Crippen molar-refractivity contribution in [3.8, 4) is 0 Å². The fraction of sp³-hybridized carbons (Fsp3) is 0.438. The Morgan fingerprint density at radius 3 is 2.26 bits per heavy atom. The third-order valence-corrected chi connectivity index (χ3v) is 3.62. The van der Waals surface area contributed by atoms with Gasteiger partial charge in [-0.3, -0.25) is 18.7 Å². The predicted octanol–water partition coefficient (Wildman–Crippen LogP) is 1.02. The van der Waals surface area contributed by atoms with Crippen molar-refractivity contribution < 1.29 is 14.3 Å². The monoisotopic (exact) mass is 319 g/mol. The second kappa shape index (κ2) is 7.13. The normalized spacial score (nSPS) is 12.3. The van der Waals surface area contributed by atoms with E-state index in [-0.39, 0.29) is 18.7 Å². The fourth-order valence-corrected chi connectivity index (χ4v) is 2.45. The SMILES string of the molecule is CCCn1c(=O)n(CCC(=O)O[C@@H](C)C(N)=O)c2ccccc21. The van der Waals surface area contributed by atoms with Crippen LogP contribution in [-0.2, 0) is 27.4 Å². The van der Waals surface area contributed by atoms with Crippen LogP contribution in [0.15, 0.2) is 29.1 Å². The van der Waals surface area contributed by atoms with Crippen LogP contribution < -0.4 is 11.4 Å². The molecule has 23 heavy (non-hydrogen) atoms. The van der Waals surface area contributed by atoms with Crippen LogP contribution in [0.1, 0.15) is 26.7 Å². The molecule has 0 bridgehead atoms. The third-order valence-electron chi connectivity index (χ3n) is 3.62. The zero-order chi connectivity index (χ0) is 17.0. The second-order valence-corrected chi connectivity index (χ2v) is 5.36. The molecule has 2 aromatic rings. The van der Waals surface area contributed by atoms with Crippen molar-refractivity contribution in [3.63, 3.8) is 0 Å². The molecule has 1 aromatic heterocycles. The Hall–Kier alpha value is -2.57. The molecule has 0 unspecified atom stereocenters. The highest BCUT2D eigenvalue weighted by molar-refractivity contribution is 5.82. The molecule has 0 aliphatic carbocycles. The first kappa shape index (κ1) is 16.8. The predicted molar refractivity (Wildman–Crippen MR) is 85.9 cm³/mol. The molecule has 0 aliphatic rings. The van der Waals surface area contributed by atoms with E-state index in [1.54, 1.807) is 9.13 Å². The van der Waals surface area contributed by atoms with Crippen LogP contribution in [0.5, 0.6) is 0 Å². The summed E-state index contributed by atoms with van der Waals surface area (Å²) in [6, 6.07) is 7.46. The van der Waals surface area contributed by atoms with E-state index in [0.717, 1.165) is 17.5 Å². The Morgan fingerprint density at radius 2 is 1.74 bits per heavy atom. The van der Waals surface area contributed by atoms with E-state index in [1.807, 2.05) is 31.2 Å². The molecule has 0 saturated heterocycles. The average Bonchev–Trinajstić information content (AvgIpc) is 2.78. The number of hydrogen-bond acceptors (Lipinski definition) is 4. The second-order valence-electron chi connectivity index (χ2n) is 5.36. The van der Waals surface area contributed by atoms with E-state index in [2.05, 4.69) is 0 Å². The van der Waals surface area contributed by atoms with Gasteiger partial charge < -0.3 is 10.5 Å². The average molecular weight is 319 g/mol. The highest BCUT2D eigenvalue weighted by Gasteiger charge is 2.17. The summed E-state index contributed by atoms with van der Waals surface area (Å²) >= 11 is 0. The minimum absolute atomic E-state index is 0.00232. The molecule has 7 nitrogen and oxygen atoms in total. The molecular formula is C16H21N3O4. The van der Waals surface area contributed by atoms with E-state index >= 15 is 0 Å². The summed E-state index contributed by atoms with van der Waals surface area (Å²) in [5, 5.41) is 0. The first-order valence-electron chi connectivity index (χ1n) is 7.62. The van der Waals surface area contributed by atoms with E-state index in [4.69, 9.17) is 10.5 Å². The zero-order valence-corrected chi connectivity index (χ0v) is 13.3. The summed E-state index contributed by atoms with van der Waals surface area (Å²) in [6.07, 6.45) is -0.135. The topological polar surface area (TPSA) is 96.3 Å². The third kappa shape index (κ3) is 3.61. The first-order chi connectivity index (χ1) is 11.0. The van der Waals surface area contributed by atoms with Crippen molar-refractivity contribution in [3.05, 3.63) is 34.7 Å². The highest BCUT2D eigenvalue weighted by Crippen LogP contribution is 2.13. The number of benzene rings is 1.